The van der Waals surface area contributed by atoms with E-state index < -0.39 is 0 Å². The zero-order valence-electron chi connectivity index (χ0n) is 17.4. The third-order valence-corrected chi connectivity index (χ3v) is 6.15. The summed E-state index contributed by atoms with van der Waals surface area (Å²) < 4.78 is 9.06. The molecule has 1 aromatic carbocycles. The molecule has 1 aliphatic rings. The summed E-state index contributed by atoms with van der Waals surface area (Å²) >= 11 is 0. The molecule has 1 saturated carbocycles. The number of pyridine rings is 1. The first kappa shape index (κ1) is 18.7. The van der Waals surface area contributed by atoms with Crippen LogP contribution in [0.25, 0.3) is 27.8 Å². The topological polar surface area (TPSA) is 60.6 Å². The van der Waals surface area contributed by atoms with Crippen molar-refractivity contribution in [1.29, 1.82) is 0 Å². The standard InChI is InChI=1S/C24H26N4O2/c1-27-12-10-16-8-9-17(14-20(16)27)22-23(25-19-6-4-3-5-7-19)28-13-11-18(24(29)30-2)15-21(28)26-22/h8-15,19,25H,3-7H2,1-2H3. The van der Waals surface area contributed by atoms with Gasteiger partial charge in [-0.25, -0.2) is 9.78 Å². The predicted octanol–water partition coefficient (Wildman–Crippen LogP) is 5.02. The Balaban J connectivity index is 1.66. The zero-order chi connectivity index (χ0) is 20.7. The maximum absolute atomic E-state index is 12.0. The van der Waals surface area contributed by atoms with Crippen LogP contribution in [0.5, 0.6) is 0 Å². The van der Waals surface area contributed by atoms with Crippen LogP contribution in [-0.2, 0) is 11.8 Å². The lowest BCUT2D eigenvalue weighted by molar-refractivity contribution is 0.0600. The van der Waals surface area contributed by atoms with Crippen molar-refractivity contribution in [3.8, 4) is 11.3 Å². The molecule has 154 valence electrons. The van der Waals surface area contributed by atoms with Gasteiger partial charge >= 0.3 is 5.97 Å². The molecule has 30 heavy (non-hydrogen) atoms. The van der Waals surface area contributed by atoms with Gasteiger partial charge in [-0.05, 0) is 42.5 Å². The van der Waals surface area contributed by atoms with Crippen LogP contribution in [0.1, 0.15) is 42.5 Å². The Kier molecular flexibility index (Phi) is 4.69. The van der Waals surface area contributed by atoms with E-state index in [0.717, 1.165) is 22.7 Å². The molecule has 1 fully saturated rings. The first-order valence-electron chi connectivity index (χ1n) is 10.6. The Hall–Kier alpha value is -3.28. The molecule has 6 heteroatoms. The van der Waals surface area contributed by atoms with Crippen LogP contribution in [0, 0.1) is 0 Å². The van der Waals surface area contributed by atoms with Crippen LogP contribution in [0.4, 0.5) is 5.82 Å². The summed E-state index contributed by atoms with van der Waals surface area (Å²) in [6.45, 7) is 0. The number of carbonyl (C=O) groups excluding carboxylic acids is 1. The highest BCUT2D eigenvalue weighted by Gasteiger charge is 2.21. The number of rotatable bonds is 4. The number of anilines is 1. The van der Waals surface area contributed by atoms with E-state index in [1.54, 1.807) is 12.1 Å². The van der Waals surface area contributed by atoms with E-state index in [-0.39, 0.29) is 5.97 Å². The molecule has 0 bridgehead atoms. The minimum Gasteiger partial charge on any atom is -0.465 e. The van der Waals surface area contributed by atoms with Crippen molar-refractivity contribution >= 4 is 28.3 Å². The Morgan fingerprint density at radius 2 is 1.93 bits per heavy atom. The normalized spacial score (nSPS) is 15.0. The summed E-state index contributed by atoms with van der Waals surface area (Å²) in [7, 11) is 3.45. The van der Waals surface area contributed by atoms with Gasteiger partial charge < -0.3 is 14.6 Å². The number of aryl methyl sites for hydroxylation is 1. The third kappa shape index (κ3) is 3.22. The van der Waals surface area contributed by atoms with E-state index >= 15 is 0 Å². The van der Waals surface area contributed by atoms with Gasteiger partial charge in [0.2, 0.25) is 0 Å². The fraction of sp³-hybridized carbons (Fsp3) is 0.333. The highest BCUT2D eigenvalue weighted by Crippen LogP contribution is 2.33. The van der Waals surface area contributed by atoms with Gasteiger partial charge in [0, 0.05) is 36.6 Å². The Labute approximate surface area is 175 Å². The molecule has 5 rings (SSSR count). The van der Waals surface area contributed by atoms with E-state index in [4.69, 9.17) is 9.72 Å². The summed E-state index contributed by atoms with van der Waals surface area (Å²) in [6, 6.07) is 12.6. The van der Waals surface area contributed by atoms with Gasteiger partial charge in [0.25, 0.3) is 0 Å². The minimum atomic E-state index is -0.353. The number of nitrogens with zero attached hydrogens (tertiary/aromatic N) is 3. The van der Waals surface area contributed by atoms with Crippen molar-refractivity contribution in [2.45, 2.75) is 38.1 Å². The lowest BCUT2D eigenvalue weighted by Crippen LogP contribution is -2.23. The van der Waals surface area contributed by atoms with Crippen molar-refractivity contribution in [2.75, 3.05) is 12.4 Å². The average molecular weight is 402 g/mol. The lowest BCUT2D eigenvalue weighted by atomic mass is 9.95. The molecule has 1 N–H and O–H groups in total. The number of aromatic nitrogens is 3. The van der Waals surface area contributed by atoms with Crippen molar-refractivity contribution in [1.82, 2.24) is 14.0 Å². The van der Waals surface area contributed by atoms with Crippen molar-refractivity contribution in [3.05, 3.63) is 54.4 Å². The molecule has 0 saturated heterocycles. The van der Waals surface area contributed by atoms with Gasteiger partial charge in [-0.15, -0.1) is 0 Å². The molecular weight excluding hydrogens is 376 g/mol. The number of hydrogen-bond acceptors (Lipinski definition) is 4. The first-order valence-corrected chi connectivity index (χ1v) is 10.6. The number of fused-ring (bicyclic) bond motifs is 2. The number of imidazole rings is 1. The average Bonchev–Trinajstić information content (AvgIpc) is 3.33. The number of methoxy groups -OCH3 is 1. The van der Waals surface area contributed by atoms with Gasteiger partial charge in [0.1, 0.15) is 17.2 Å². The fourth-order valence-corrected chi connectivity index (χ4v) is 4.48. The van der Waals surface area contributed by atoms with Gasteiger partial charge in [0.15, 0.2) is 0 Å². The second-order valence-corrected chi connectivity index (χ2v) is 8.12. The number of benzene rings is 1. The van der Waals surface area contributed by atoms with E-state index in [1.807, 2.05) is 10.6 Å². The summed E-state index contributed by atoms with van der Waals surface area (Å²) in [6.07, 6.45) is 10.1. The maximum atomic E-state index is 12.0. The quantitative estimate of drug-likeness (QED) is 0.487. The molecule has 1 aliphatic carbocycles. The summed E-state index contributed by atoms with van der Waals surface area (Å²) in [5, 5.41) is 4.98. The zero-order valence-corrected chi connectivity index (χ0v) is 17.4. The Bertz CT molecular complexity index is 1230. The predicted molar refractivity (Wildman–Crippen MR) is 119 cm³/mol. The molecule has 0 radical (unpaired) electrons. The molecule has 3 aromatic heterocycles. The third-order valence-electron chi connectivity index (χ3n) is 6.15. The molecular formula is C24H26N4O2. The van der Waals surface area contributed by atoms with Crippen LogP contribution in [0.15, 0.2) is 48.8 Å². The van der Waals surface area contributed by atoms with E-state index in [2.05, 4.69) is 47.4 Å². The van der Waals surface area contributed by atoms with E-state index in [9.17, 15) is 4.79 Å². The molecule has 0 spiro atoms. The Morgan fingerprint density at radius 3 is 2.73 bits per heavy atom. The SMILES string of the molecule is COC(=O)c1ccn2c(NC3CCCCC3)c(-c3ccc4ccn(C)c4c3)nc2c1. The molecule has 6 nitrogen and oxygen atoms in total. The van der Waals surface area contributed by atoms with Gasteiger partial charge in [-0.2, -0.15) is 0 Å². The van der Waals surface area contributed by atoms with Crippen LogP contribution < -0.4 is 5.32 Å². The molecule has 0 unspecified atom stereocenters. The lowest BCUT2D eigenvalue weighted by Gasteiger charge is -2.24. The van der Waals surface area contributed by atoms with Crippen molar-refractivity contribution in [3.63, 3.8) is 0 Å². The number of ether oxygens (including phenoxy) is 1. The highest BCUT2D eigenvalue weighted by atomic mass is 16.5. The molecule has 0 atom stereocenters. The largest absolute Gasteiger partial charge is 0.465 e. The highest BCUT2D eigenvalue weighted by molar-refractivity contribution is 5.92. The van der Waals surface area contributed by atoms with Crippen LogP contribution in [0.3, 0.4) is 0 Å². The van der Waals surface area contributed by atoms with Gasteiger partial charge in [-0.3, -0.25) is 4.40 Å². The van der Waals surface area contributed by atoms with E-state index in [1.165, 1.54) is 50.1 Å². The van der Waals surface area contributed by atoms with Gasteiger partial charge in [-0.1, -0.05) is 31.4 Å². The second kappa shape index (κ2) is 7.52. The number of hydrogen-bond donors (Lipinski definition) is 1. The monoisotopic (exact) mass is 402 g/mol. The number of esters is 1. The first-order chi connectivity index (χ1) is 14.6. The van der Waals surface area contributed by atoms with Crippen molar-refractivity contribution < 1.29 is 9.53 Å². The summed E-state index contributed by atoms with van der Waals surface area (Å²) in [5.74, 6) is 0.635. The molecule has 4 aromatic rings. The number of carbonyl (C=O) groups is 1. The van der Waals surface area contributed by atoms with Crippen molar-refractivity contribution in [2.24, 2.45) is 7.05 Å². The van der Waals surface area contributed by atoms with Gasteiger partial charge in [0.05, 0.1) is 12.7 Å². The minimum absolute atomic E-state index is 0.353. The summed E-state index contributed by atoms with van der Waals surface area (Å²) in [4.78, 5) is 16.9. The van der Waals surface area contributed by atoms with Crippen LogP contribution >= 0.6 is 0 Å². The molecule has 0 amide bonds. The fourth-order valence-electron chi connectivity index (χ4n) is 4.48. The van der Waals surface area contributed by atoms with Crippen LogP contribution in [0.2, 0.25) is 0 Å². The molecule has 0 aliphatic heterocycles. The van der Waals surface area contributed by atoms with E-state index in [0.29, 0.717) is 11.6 Å². The smallest absolute Gasteiger partial charge is 0.338 e. The molecule has 3 heterocycles. The Morgan fingerprint density at radius 1 is 1.10 bits per heavy atom. The summed E-state index contributed by atoms with van der Waals surface area (Å²) in [5.41, 5.74) is 4.38. The van der Waals surface area contributed by atoms with Crippen LogP contribution in [-0.4, -0.2) is 33.1 Å². The number of nitrogens with one attached hydrogen (secondary N) is 1. The second-order valence-electron chi connectivity index (χ2n) is 8.12. The maximum Gasteiger partial charge on any atom is 0.338 e.